The fourth-order valence-corrected chi connectivity index (χ4v) is 2.09. The molecule has 0 unspecified atom stereocenters. The number of rotatable bonds is 7. The van der Waals surface area contributed by atoms with Crippen LogP contribution in [-0.2, 0) is 4.79 Å². The summed E-state index contributed by atoms with van der Waals surface area (Å²) in [5, 5.41) is 27.6. The topological polar surface area (TPSA) is 157 Å². The molecule has 0 bridgehead atoms. The number of anilines is 1. The quantitative estimate of drug-likeness (QED) is 0.424. The molecule has 2 rings (SSSR count). The zero-order valence-electron chi connectivity index (χ0n) is 14.6. The van der Waals surface area contributed by atoms with Crippen molar-refractivity contribution in [2.45, 2.75) is 13.3 Å². The molecule has 0 fully saturated rings. The molecule has 2 amide bonds. The van der Waals surface area contributed by atoms with E-state index in [0.29, 0.717) is 11.4 Å². The third kappa shape index (κ3) is 5.69. The molecule has 0 atom stereocenters. The lowest BCUT2D eigenvalue weighted by molar-refractivity contribution is -0.385. The molecule has 2 aromatic rings. The average Bonchev–Trinajstić information content (AvgIpc) is 2.66. The van der Waals surface area contributed by atoms with Gasteiger partial charge in [0.25, 0.3) is 17.3 Å². The van der Waals surface area contributed by atoms with Gasteiger partial charge in [-0.1, -0.05) is 0 Å². The second-order valence-electron chi connectivity index (χ2n) is 5.62. The molecule has 11 nitrogen and oxygen atoms in total. The van der Waals surface area contributed by atoms with Crippen LogP contribution >= 0.6 is 0 Å². The van der Waals surface area contributed by atoms with E-state index in [2.05, 4.69) is 15.8 Å². The Morgan fingerprint density at radius 2 is 1.43 bits per heavy atom. The highest BCUT2D eigenvalue weighted by molar-refractivity contribution is 6.06. The van der Waals surface area contributed by atoms with Crippen molar-refractivity contribution < 1.29 is 19.4 Å². The van der Waals surface area contributed by atoms with E-state index in [1.54, 1.807) is 0 Å². The zero-order valence-corrected chi connectivity index (χ0v) is 14.6. The van der Waals surface area contributed by atoms with Gasteiger partial charge < -0.3 is 5.32 Å². The Morgan fingerprint density at radius 1 is 0.929 bits per heavy atom. The number of amides is 2. The van der Waals surface area contributed by atoms with E-state index in [-0.39, 0.29) is 23.4 Å². The van der Waals surface area contributed by atoms with Crippen LogP contribution in [0.5, 0.6) is 0 Å². The van der Waals surface area contributed by atoms with Crippen molar-refractivity contribution in [2.24, 2.45) is 5.10 Å². The first-order valence-corrected chi connectivity index (χ1v) is 7.88. The van der Waals surface area contributed by atoms with E-state index in [1.807, 2.05) is 0 Å². The van der Waals surface area contributed by atoms with Crippen LogP contribution in [0.4, 0.5) is 17.1 Å². The molecule has 0 radical (unpaired) electrons. The third-order valence-corrected chi connectivity index (χ3v) is 3.47. The van der Waals surface area contributed by atoms with Crippen molar-refractivity contribution in [1.82, 2.24) is 5.43 Å². The Kier molecular flexibility index (Phi) is 6.47. The van der Waals surface area contributed by atoms with Gasteiger partial charge in [0.2, 0.25) is 5.91 Å². The first kappa shape index (κ1) is 20.2. The smallest absolute Gasteiger partial charge is 0.271 e. The Hall–Kier alpha value is -4.15. The normalized spacial score (nSPS) is 10.8. The van der Waals surface area contributed by atoms with Gasteiger partial charge in [-0.3, -0.25) is 29.8 Å². The van der Waals surface area contributed by atoms with E-state index in [9.17, 15) is 29.8 Å². The van der Waals surface area contributed by atoms with Gasteiger partial charge in [0.05, 0.1) is 16.3 Å². The van der Waals surface area contributed by atoms with Crippen LogP contribution < -0.4 is 10.7 Å². The molecule has 0 aliphatic carbocycles. The number of hydrogen-bond acceptors (Lipinski definition) is 7. The number of benzene rings is 2. The van der Waals surface area contributed by atoms with Gasteiger partial charge in [-0.25, -0.2) is 5.43 Å². The number of carbonyl (C=O) groups is 2. The number of nitrogens with zero attached hydrogens (tertiary/aromatic N) is 3. The molecule has 0 aromatic heterocycles. The van der Waals surface area contributed by atoms with Gasteiger partial charge in [-0.15, -0.1) is 0 Å². The summed E-state index contributed by atoms with van der Waals surface area (Å²) in [6, 6.07) is 10.3. The van der Waals surface area contributed by atoms with Crippen LogP contribution in [0.2, 0.25) is 0 Å². The lowest BCUT2D eigenvalue weighted by atomic mass is 10.2. The molecule has 28 heavy (non-hydrogen) atoms. The summed E-state index contributed by atoms with van der Waals surface area (Å²) in [4.78, 5) is 44.0. The second-order valence-corrected chi connectivity index (χ2v) is 5.62. The lowest BCUT2D eigenvalue weighted by Crippen LogP contribution is -2.21. The highest BCUT2D eigenvalue weighted by atomic mass is 16.6. The highest BCUT2D eigenvalue weighted by Gasteiger charge is 2.10. The molecule has 0 saturated carbocycles. The number of hydrazone groups is 1. The van der Waals surface area contributed by atoms with Gasteiger partial charge in [0, 0.05) is 41.2 Å². The van der Waals surface area contributed by atoms with Crippen LogP contribution in [0.1, 0.15) is 23.7 Å². The molecule has 0 spiro atoms. The summed E-state index contributed by atoms with van der Waals surface area (Å²) >= 11 is 0. The van der Waals surface area contributed by atoms with Gasteiger partial charge in [0.1, 0.15) is 0 Å². The molecule has 0 saturated heterocycles. The maximum absolute atomic E-state index is 12.0. The fourth-order valence-electron chi connectivity index (χ4n) is 2.09. The Bertz CT molecular complexity index is 938. The molecule has 0 heterocycles. The third-order valence-electron chi connectivity index (χ3n) is 3.47. The standard InChI is InChI=1S/C17H15N5O6/c1-11(10-16(23)18-13-4-8-15(9-5-13)22(27)28)19-20-17(24)12-2-6-14(7-3-12)21(25)26/h2-9H,10H2,1H3,(H,18,23)(H,20,24)/b19-11-. The average molecular weight is 385 g/mol. The van der Waals surface area contributed by atoms with Crippen LogP contribution in [0.3, 0.4) is 0 Å². The zero-order chi connectivity index (χ0) is 20.7. The Balaban J connectivity index is 1.88. The van der Waals surface area contributed by atoms with E-state index in [1.165, 1.54) is 55.5 Å². The first-order chi connectivity index (χ1) is 13.3. The van der Waals surface area contributed by atoms with Crippen LogP contribution in [0.25, 0.3) is 0 Å². The summed E-state index contributed by atoms with van der Waals surface area (Å²) in [6.45, 7) is 1.53. The molecular formula is C17H15N5O6. The molecule has 11 heteroatoms. The van der Waals surface area contributed by atoms with Gasteiger partial charge in [-0.2, -0.15) is 5.10 Å². The molecular weight excluding hydrogens is 370 g/mol. The summed E-state index contributed by atoms with van der Waals surface area (Å²) in [7, 11) is 0. The number of hydrogen-bond donors (Lipinski definition) is 2. The van der Waals surface area contributed by atoms with Crippen molar-refractivity contribution in [3.8, 4) is 0 Å². The van der Waals surface area contributed by atoms with Crippen LogP contribution in [0.15, 0.2) is 53.6 Å². The van der Waals surface area contributed by atoms with E-state index in [0.717, 1.165) is 0 Å². The minimum absolute atomic E-state index is 0.0929. The molecule has 144 valence electrons. The minimum Gasteiger partial charge on any atom is -0.326 e. The largest absolute Gasteiger partial charge is 0.326 e. The number of nitro groups is 2. The Morgan fingerprint density at radius 3 is 1.93 bits per heavy atom. The van der Waals surface area contributed by atoms with Gasteiger partial charge >= 0.3 is 0 Å². The van der Waals surface area contributed by atoms with E-state index >= 15 is 0 Å². The molecule has 0 aliphatic rings. The lowest BCUT2D eigenvalue weighted by Gasteiger charge is -2.05. The summed E-state index contributed by atoms with van der Waals surface area (Å²) in [5.74, 6) is -0.996. The van der Waals surface area contributed by atoms with Gasteiger partial charge in [-0.05, 0) is 31.2 Å². The summed E-state index contributed by atoms with van der Waals surface area (Å²) < 4.78 is 0. The maximum atomic E-state index is 12.0. The van der Waals surface area contributed by atoms with Gasteiger partial charge in [0.15, 0.2) is 0 Å². The predicted octanol–water partition coefficient (Wildman–Crippen LogP) is 2.64. The van der Waals surface area contributed by atoms with Crippen molar-refractivity contribution in [3.63, 3.8) is 0 Å². The summed E-state index contributed by atoms with van der Waals surface area (Å²) in [5.41, 5.74) is 2.91. The Labute approximate surface area is 158 Å². The maximum Gasteiger partial charge on any atom is 0.271 e. The second kappa shape index (κ2) is 8.98. The molecule has 0 aliphatic heterocycles. The predicted molar refractivity (Wildman–Crippen MR) is 100 cm³/mol. The van der Waals surface area contributed by atoms with Crippen molar-refractivity contribution in [3.05, 3.63) is 74.3 Å². The monoisotopic (exact) mass is 385 g/mol. The van der Waals surface area contributed by atoms with E-state index < -0.39 is 21.7 Å². The van der Waals surface area contributed by atoms with Crippen LogP contribution in [0, 0.1) is 20.2 Å². The fraction of sp³-hybridized carbons (Fsp3) is 0.118. The molecule has 2 N–H and O–H groups in total. The summed E-state index contributed by atoms with van der Waals surface area (Å²) in [6.07, 6.45) is -0.114. The number of nitro benzene ring substituents is 2. The van der Waals surface area contributed by atoms with Crippen molar-refractivity contribution in [1.29, 1.82) is 0 Å². The minimum atomic E-state index is -0.579. The van der Waals surface area contributed by atoms with E-state index in [4.69, 9.17) is 0 Å². The first-order valence-electron chi connectivity index (χ1n) is 7.88. The molecule has 2 aromatic carbocycles. The van der Waals surface area contributed by atoms with Crippen molar-refractivity contribution >= 4 is 34.6 Å². The SMILES string of the molecule is C/C(CC(=O)Nc1ccc([N+](=O)[O-])cc1)=N/NC(=O)c1ccc([N+](=O)[O-])cc1. The number of non-ortho nitro benzene ring substituents is 2. The van der Waals surface area contributed by atoms with Crippen LogP contribution in [-0.4, -0.2) is 27.4 Å². The highest BCUT2D eigenvalue weighted by Crippen LogP contribution is 2.15. The van der Waals surface area contributed by atoms with Crippen molar-refractivity contribution in [2.75, 3.05) is 5.32 Å². The number of carbonyl (C=O) groups excluding carboxylic acids is 2. The number of nitrogens with one attached hydrogen (secondary N) is 2.